The molecule has 4 heteroatoms. The molecule has 1 aromatic rings. The standard InChI is InChI=1S/C23H32N2O2/c1-3-21(26)24-19-12-17(13-19)22(27)25-10-8-23(9-11-25)14-18(15-23)20-7-5-4-6-16(20)2/h4-7,17-19H,3,8-15H2,1-2H3,(H,24,26). The molecule has 3 fully saturated rings. The molecule has 0 bridgehead atoms. The molecule has 1 heterocycles. The normalized spacial score (nSPS) is 27.0. The quantitative estimate of drug-likeness (QED) is 0.879. The molecule has 1 saturated heterocycles. The molecule has 0 aromatic heterocycles. The minimum atomic E-state index is 0.0963. The third-order valence-electron chi connectivity index (χ3n) is 7.30. The van der Waals surface area contributed by atoms with Gasteiger partial charge in [-0.3, -0.25) is 9.59 Å². The second-order valence-corrected chi connectivity index (χ2v) is 9.07. The summed E-state index contributed by atoms with van der Waals surface area (Å²) < 4.78 is 0. The number of carbonyl (C=O) groups is 2. The molecule has 1 spiro atoms. The Morgan fingerprint density at radius 2 is 1.81 bits per heavy atom. The number of rotatable bonds is 4. The maximum absolute atomic E-state index is 12.7. The molecule has 4 nitrogen and oxygen atoms in total. The van der Waals surface area contributed by atoms with Gasteiger partial charge in [0.15, 0.2) is 0 Å². The number of benzene rings is 1. The Balaban J connectivity index is 1.23. The highest BCUT2D eigenvalue weighted by Crippen LogP contribution is 2.57. The van der Waals surface area contributed by atoms with Crippen LogP contribution >= 0.6 is 0 Å². The number of piperidine rings is 1. The van der Waals surface area contributed by atoms with Gasteiger partial charge in [0.2, 0.25) is 11.8 Å². The van der Waals surface area contributed by atoms with E-state index in [1.807, 2.05) is 6.92 Å². The third kappa shape index (κ3) is 3.63. The third-order valence-corrected chi connectivity index (χ3v) is 7.30. The van der Waals surface area contributed by atoms with E-state index in [2.05, 4.69) is 41.4 Å². The zero-order valence-corrected chi connectivity index (χ0v) is 16.7. The van der Waals surface area contributed by atoms with Crippen LogP contribution in [0.15, 0.2) is 24.3 Å². The molecule has 2 amide bonds. The average Bonchev–Trinajstić information content (AvgIpc) is 2.62. The van der Waals surface area contributed by atoms with Crippen LogP contribution in [0.5, 0.6) is 0 Å². The Bertz CT molecular complexity index is 707. The highest BCUT2D eigenvalue weighted by Gasteiger charge is 2.48. The summed E-state index contributed by atoms with van der Waals surface area (Å²) in [6.45, 7) is 5.92. The molecule has 0 unspecified atom stereocenters. The summed E-state index contributed by atoms with van der Waals surface area (Å²) >= 11 is 0. The Kier molecular flexibility index (Phi) is 5.00. The number of nitrogens with one attached hydrogen (secondary N) is 1. The zero-order valence-electron chi connectivity index (χ0n) is 16.7. The van der Waals surface area contributed by atoms with Crippen LogP contribution in [-0.2, 0) is 9.59 Å². The molecule has 146 valence electrons. The van der Waals surface area contributed by atoms with Gasteiger partial charge in [-0.1, -0.05) is 31.2 Å². The van der Waals surface area contributed by atoms with Gasteiger partial charge in [0.05, 0.1) is 0 Å². The van der Waals surface area contributed by atoms with Crippen molar-refractivity contribution in [3.05, 3.63) is 35.4 Å². The zero-order chi connectivity index (χ0) is 19.0. The first-order chi connectivity index (χ1) is 13.0. The summed E-state index contributed by atoms with van der Waals surface area (Å²) in [7, 11) is 0. The van der Waals surface area contributed by atoms with Gasteiger partial charge in [0.1, 0.15) is 0 Å². The number of amides is 2. The van der Waals surface area contributed by atoms with E-state index in [-0.39, 0.29) is 17.9 Å². The molecular weight excluding hydrogens is 336 g/mol. The first kappa shape index (κ1) is 18.5. The molecule has 4 rings (SSSR count). The average molecular weight is 369 g/mol. The van der Waals surface area contributed by atoms with Crippen molar-refractivity contribution < 1.29 is 9.59 Å². The molecule has 27 heavy (non-hydrogen) atoms. The Morgan fingerprint density at radius 3 is 2.44 bits per heavy atom. The Labute approximate surface area is 162 Å². The lowest BCUT2D eigenvalue weighted by atomic mass is 9.55. The monoisotopic (exact) mass is 368 g/mol. The second-order valence-electron chi connectivity index (χ2n) is 9.07. The predicted octanol–water partition coefficient (Wildman–Crippen LogP) is 3.79. The van der Waals surface area contributed by atoms with Crippen molar-refractivity contribution in [3.63, 3.8) is 0 Å². The molecule has 1 N–H and O–H groups in total. The molecule has 1 aromatic carbocycles. The number of likely N-dealkylation sites (tertiary alicyclic amines) is 1. The van der Waals surface area contributed by atoms with Gasteiger partial charge < -0.3 is 10.2 Å². The number of hydrogen-bond donors (Lipinski definition) is 1. The van der Waals surface area contributed by atoms with E-state index in [1.165, 1.54) is 24.0 Å². The van der Waals surface area contributed by atoms with Gasteiger partial charge in [-0.05, 0) is 67.9 Å². The van der Waals surface area contributed by atoms with Crippen molar-refractivity contribution in [3.8, 4) is 0 Å². The van der Waals surface area contributed by atoms with Crippen LogP contribution in [-0.4, -0.2) is 35.8 Å². The molecule has 3 aliphatic rings. The smallest absolute Gasteiger partial charge is 0.225 e. The highest BCUT2D eigenvalue weighted by atomic mass is 16.2. The van der Waals surface area contributed by atoms with E-state index in [4.69, 9.17) is 0 Å². The lowest BCUT2D eigenvalue weighted by molar-refractivity contribution is -0.143. The maximum Gasteiger partial charge on any atom is 0.225 e. The lowest BCUT2D eigenvalue weighted by Gasteiger charge is -2.53. The van der Waals surface area contributed by atoms with Crippen LogP contribution in [0, 0.1) is 18.3 Å². The van der Waals surface area contributed by atoms with Crippen molar-refractivity contribution in [2.24, 2.45) is 11.3 Å². The molecule has 1 aliphatic heterocycles. The van der Waals surface area contributed by atoms with Crippen molar-refractivity contribution in [2.45, 2.75) is 70.8 Å². The Morgan fingerprint density at radius 1 is 1.15 bits per heavy atom. The van der Waals surface area contributed by atoms with Crippen LogP contribution in [0.3, 0.4) is 0 Å². The molecule has 2 aliphatic carbocycles. The number of carbonyl (C=O) groups excluding carboxylic acids is 2. The van der Waals surface area contributed by atoms with Crippen molar-refractivity contribution in [2.75, 3.05) is 13.1 Å². The van der Waals surface area contributed by atoms with Crippen molar-refractivity contribution in [1.29, 1.82) is 0 Å². The van der Waals surface area contributed by atoms with Gasteiger partial charge in [0, 0.05) is 31.5 Å². The number of aryl methyl sites for hydroxylation is 1. The fourth-order valence-electron chi connectivity index (χ4n) is 5.39. The first-order valence-corrected chi connectivity index (χ1v) is 10.6. The minimum absolute atomic E-state index is 0.0963. The first-order valence-electron chi connectivity index (χ1n) is 10.6. The molecular formula is C23H32N2O2. The fourth-order valence-corrected chi connectivity index (χ4v) is 5.39. The molecule has 0 radical (unpaired) electrons. The van der Waals surface area contributed by atoms with Gasteiger partial charge in [-0.2, -0.15) is 0 Å². The summed E-state index contributed by atoms with van der Waals surface area (Å²) in [5, 5.41) is 3.00. The van der Waals surface area contributed by atoms with E-state index < -0.39 is 0 Å². The molecule has 2 saturated carbocycles. The summed E-state index contributed by atoms with van der Waals surface area (Å²) in [5.74, 6) is 1.26. The van der Waals surface area contributed by atoms with E-state index in [9.17, 15) is 9.59 Å². The Hall–Kier alpha value is -1.84. The van der Waals surface area contributed by atoms with E-state index in [1.54, 1.807) is 0 Å². The van der Waals surface area contributed by atoms with Crippen LogP contribution in [0.25, 0.3) is 0 Å². The van der Waals surface area contributed by atoms with Gasteiger partial charge in [0.25, 0.3) is 0 Å². The van der Waals surface area contributed by atoms with E-state index in [0.29, 0.717) is 23.7 Å². The summed E-state index contributed by atoms with van der Waals surface area (Å²) in [6.07, 6.45) is 7.05. The van der Waals surface area contributed by atoms with Gasteiger partial charge in [-0.25, -0.2) is 0 Å². The second kappa shape index (κ2) is 7.29. The fraction of sp³-hybridized carbons (Fsp3) is 0.652. The lowest BCUT2D eigenvalue weighted by Crippen LogP contribution is -2.53. The maximum atomic E-state index is 12.7. The van der Waals surface area contributed by atoms with Crippen molar-refractivity contribution in [1.82, 2.24) is 10.2 Å². The molecule has 0 atom stereocenters. The summed E-state index contributed by atoms with van der Waals surface area (Å²) in [6, 6.07) is 9.00. The van der Waals surface area contributed by atoms with Crippen LogP contribution in [0.1, 0.15) is 68.9 Å². The summed E-state index contributed by atoms with van der Waals surface area (Å²) in [5.41, 5.74) is 3.41. The van der Waals surface area contributed by atoms with Crippen LogP contribution in [0.2, 0.25) is 0 Å². The minimum Gasteiger partial charge on any atom is -0.353 e. The van der Waals surface area contributed by atoms with Crippen LogP contribution in [0.4, 0.5) is 0 Å². The van der Waals surface area contributed by atoms with Crippen LogP contribution < -0.4 is 5.32 Å². The summed E-state index contributed by atoms with van der Waals surface area (Å²) in [4.78, 5) is 26.3. The van der Waals surface area contributed by atoms with E-state index >= 15 is 0 Å². The highest BCUT2D eigenvalue weighted by molar-refractivity contribution is 5.81. The SMILES string of the molecule is CCC(=O)NC1CC(C(=O)N2CCC3(CC2)CC(c2ccccc2C)C3)C1. The van der Waals surface area contributed by atoms with Gasteiger partial charge >= 0.3 is 0 Å². The van der Waals surface area contributed by atoms with E-state index in [0.717, 1.165) is 38.8 Å². The van der Waals surface area contributed by atoms with Gasteiger partial charge in [-0.15, -0.1) is 0 Å². The largest absolute Gasteiger partial charge is 0.353 e. The van der Waals surface area contributed by atoms with Crippen molar-refractivity contribution >= 4 is 11.8 Å². The number of hydrogen-bond acceptors (Lipinski definition) is 2. The topological polar surface area (TPSA) is 49.4 Å². The number of nitrogens with zero attached hydrogens (tertiary/aromatic N) is 1. The predicted molar refractivity (Wildman–Crippen MR) is 106 cm³/mol.